The Kier molecular flexibility index (Phi) is 3.73. The first kappa shape index (κ1) is 11.6. The van der Waals surface area contributed by atoms with Crippen molar-refractivity contribution in [3.8, 4) is 11.8 Å². The van der Waals surface area contributed by atoms with Crippen LogP contribution in [0.5, 0.6) is 5.75 Å². The highest BCUT2D eigenvalue weighted by atomic mass is 79.9. The second-order valence-corrected chi connectivity index (χ2v) is 4.28. The first-order valence-electron chi connectivity index (χ1n) is 5.02. The lowest BCUT2D eigenvalue weighted by atomic mass is 10.2. The van der Waals surface area contributed by atoms with Crippen molar-refractivity contribution >= 4 is 15.9 Å². The smallest absolute Gasteiger partial charge is 0.147 e. The Bertz CT molecular complexity index is 546. The first-order chi connectivity index (χ1) is 8.29. The normalized spacial score (nSPS) is 9.65. The number of aromatic nitrogens is 1. The van der Waals surface area contributed by atoms with Crippen molar-refractivity contribution in [3.63, 3.8) is 0 Å². The van der Waals surface area contributed by atoms with E-state index in [1.807, 2.05) is 36.4 Å². The number of hydrogen-bond acceptors (Lipinski definition) is 3. The minimum Gasteiger partial charge on any atom is -0.489 e. The summed E-state index contributed by atoms with van der Waals surface area (Å²) in [4.78, 5) is 3.97. The van der Waals surface area contributed by atoms with Crippen LogP contribution in [0.15, 0.2) is 47.1 Å². The van der Waals surface area contributed by atoms with Gasteiger partial charge in [-0.05, 0) is 30.3 Å². The lowest BCUT2D eigenvalue weighted by molar-refractivity contribution is 0.305. The molecule has 0 atom stereocenters. The Hall–Kier alpha value is -1.86. The molecule has 0 aliphatic rings. The molecule has 2 aromatic rings. The zero-order chi connectivity index (χ0) is 12.1. The molecule has 0 aliphatic heterocycles. The van der Waals surface area contributed by atoms with Gasteiger partial charge in [-0.1, -0.05) is 22.0 Å². The van der Waals surface area contributed by atoms with E-state index in [9.17, 15) is 0 Å². The third-order valence-corrected chi connectivity index (χ3v) is 2.73. The fraction of sp³-hybridized carbons (Fsp3) is 0.0769. The summed E-state index contributed by atoms with van der Waals surface area (Å²) < 4.78 is 6.58. The van der Waals surface area contributed by atoms with Gasteiger partial charge in [0.25, 0.3) is 0 Å². The van der Waals surface area contributed by atoms with E-state index in [4.69, 9.17) is 10.00 Å². The van der Waals surface area contributed by atoms with Gasteiger partial charge in [-0.3, -0.25) is 0 Å². The van der Waals surface area contributed by atoms with Gasteiger partial charge in [0.05, 0.1) is 0 Å². The molecule has 0 N–H and O–H groups in total. The van der Waals surface area contributed by atoms with Gasteiger partial charge in [-0.2, -0.15) is 5.26 Å². The molecule has 0 bridgehead atoms. The van der Waals surface area contributed by atoms with Gasteiger partial charge >= 0.3 is 0 Å². The minimum atomic E-state index is 0.346. The standard InChI is InChI=1S/C13H9BrN2O/c14-11-3-5-12(6-4-11)17-9-10-2-1-7-16-13(10)8-15/h1-7H,9H2. The number of benzene rings is 1. The van der Waals surface area contributed by atoms with E-state index in [1.165, 1.54) is 0 Å². The van der Waals surface area contributed by atoms with Crippen molar-refractivity contribution in [1.29, 1.82) is 5.26 Å². The van der Waals surface area contributed by atoms with Crippen molar-refractivity contribution in [3.05, 3.63) is 58.3 Å². The van der Waals surface area contributed by atoms with Gasteiger partial charge in [-0.15, -0.1) is 0 Å². The van der Waals surface area contributed by atoms with E-state index in [2.05, 4.69) is 20.9 Å². The average molecular weight is 289 g/mol. The van der Waals surface area contributed by atoms with E-state index in [0.29, 0.717) is 12.3 Å². The van der Waals surface area contributed by atoms with E-state index >= 15 is 0 Å². The molecule has 84 valence electrons. The molecule has 0 spiro atoms. The zero-order valence-electron chi connectivity index (χ0n) is 8.93. The minimum absolute atomic E-state index is 0.346. The van der Waals surface area contributed by atoms with E-state index < -0.39 is 0 Å². The number of halogens is 1. The molecule has 1 aromatic carbocycles. The van der Waals surface area contributed by atoms with Gasteiger partial charge in [-0.25, -0.2) is 4.98 Å². The molecule has 3 nitrogen and oxygen atoms in total. The summed E-state index contributed by atoms with van der Waals surface area (Å²) in [5.74, 6) is 0.765. The van der Waals surface area contributed by atoms with Crippen LogP contribution in [-0.2, 0) is 6.61 Å². The number of nitriles is 1. The molecule has 1 heterocycles. The summed E-state index contributed by atoms with van der Waals surface area (Å²) in [5, 5.41) is 8.88. The topological polar surface area (TPSA) is 45.9 Å². The van der Waals surface area contributed by atoms with Crippen LogP contribution in [0.3, 0.4) is 0 Å². The van der Waals surface area contributed by atoms with Crippen molar-refractivity contribution in [2.45, 2.75) is 6.61 Å². The fourth-order valence-corrected chi connectivity index (χ4v) is 1.61. The number of nitrogens with zero attached hydrogens (tertiary/aromatic N) is 2. The number of hydrogen-bond donors (Lipinski definition) is 0. The van der Waals surface area contributed by atoms with Crippen LogP contribution in [-0.4, -0.2) is 4.98 Å². The van der Waals surface area contributed by atoms with Gasteiger partial charge in [0.1, 0.15) is 24.1 Å². The SMILES string of the molecule is N#Cc1ncccc1COc1ccc(Br)cc1. The Morgan fingerprint density at radius 2 is 2.00 bits per heavy atom. The molecule has 17 heavy (non-hydrogen) atoms. The average Bonchev–Trinajstić information content (AvgIpc) is 2.38. The van der Waals surface area contributed by atoms with Gasteiger partial charge in [0.15, 0.2) is 0 Å². The quantitative estimate of drug-likeness (QED) is 0.871. The molecule has 0 amide bonds. The fourth-order valence-electron chi connectivity index (χ4n) is 1.35. The van der Waals surface area contributed by atoms with Crippen LogP contribution in [0.2, 0.25) is 0 Å². The zero-order valence-corrected chi connectivity index (χ0v) is 10.5. The predicted octanol–water partition coefficient (Wildman–Crippen LogP) is 3.29. The third-order valence-electron chi connectivity index (χ3n) is 2.21. The summed E-state index contributed by atoms with van der Waals surface area (Å²) in [6, 6.07) is 13.2. The third kappa shape index (κ3) is 3.05. The number of ether oxygens (including phenoxy) is 1. The molecule has 0 saturated carbocycles. The summed E-state index contributed by atoms with van der Waals surface area (Å²) in [6.07, 6.45) is 1.60. The highest BCUT2D eigenvalue weighted by Gasteiger charge is 2.02. The summed E-state index contributed by atoms with van der Waals surface area (Å²) in [6.45, 7) is 0.346. The Balaban J connectivity index is 2.08. The van der Waals surface area contributed by atoms with Crippen molar-refractivity contribution < 1.29 is 4.74 Å². The number of pyridine rings is 1. The van der Waals surface area contributed by atoms with Gasteiger partial charge < -0.3 is 4.74 Å². The molecule has 0 radical (unpaired) electrons. The molecule has 0 saturated heterocycles. The van der Waals surface area contributed by atoms with Crippen molar-refractivity contribution in [2.75, 3.05) is 0 Å². The monoisotopic (exact) mass is 288 g/mol. The summed E-state index contributed by atoms with van der Waals surface area (Å²) >= 11 is 3.36. The Morgan fingerprint density at radius 3 is 2.71 bits per heavy atom. The Labute approximate surface area is 108 Å². The van der Waals surface area contributed by atoms with Crippen LogP contribution in [0.1, 0.15) is 11.3 Å². The lowest BCUT2D eigenvalue weighted by Gasteiger charge is -2.06. The second kappa shape index (κ2) is 5.46. The molecule has 4 heteroatoms. The van der Waals surface area contributed by atoms with Crippen molar-refractivity contribution in [2.24, 2.45) is 0 Å². The second-order valence-electron chi connectivity index (χ2n) is 3.37. The molecule has 0 fully saturated rings. The van der Waals surface area contributed by atoms with Crippen LogP contribution in [0.4, 0.5) is 0 Å². The highest BCUT2D eigenvalue weighted by molar-refractivity contribution is 9.10. The van der Waals surface area contributed by atoms with Crippen LogP contribution < -0.4 is 4.74 Å². The summed E-state index contributed by atoms with van der Waals surface area (Å²) in [7, 11) is 0. The van der Waals surface area contributed by atoms with E-state index in [1.54, 1.807) is 12.3 Å². The molecule has 0 aliphatic carbocycles. The van der Waals surface area contributed by atoms with Crippen LogP contribution >= 0.6 is 15.9 Å². The van der Waals surface area contributed by atoms with Gasteiger partial charge in [0, 0.05) is 16.2 Å². The maximum absolute atomic E-state index is 8.88. The molecule has 0 unspecified atom stereocenters. The largest absolute Gasteiger partial charge is 0.489 e. The number of rotatable bonds is 3. The predicted molar refractivity (Wildman–Crippen MR) is 67.4 cm³/mol. The maximum atomic E-state index is 8.88. The Morgan fingerprint density at radius 1 is 1.24 bits per heavy atom. The first-order valence-corrected chi connectivity index (χ1v) is 5.81. The van der Waals surface area contributed by atoms with Crippen molar-refractivity contribution in [1.82, 2.24) is 4.98 Å². The summed E-state index contributed by atoms with van der Waals surface area (Å²) in [5.41, 5.74) is 1.20. The maximum Gasteiger partial charge on any atom is 0.147 e. The van der Waals surface area contributed by atoms with Crippen LogP contribution in [0, 0.1) is 11.3 Å². The molecule has 2 rings (SSSR count). The molecular weight excluding hydrogens is 280 g/mol. The lowest BCUT2D eigenvalue weighted by Crippen LogP contribution is -1.99. The van der Waals surface area contributed by atoms with Crippen LogP contribution in [0.25, 0.3) is 0 Å². The van der Waals surface area contributed by atoms with E-state index in [-0.39, 0.29) is 0 Å². The van der Waals surface area contributed by atoms with E-state index in [0.717, 1.165) is 15.8 Å². The molecular formula is C13H9BrN2O. The van der Waals surface area contributed by atoms with Gasteiger partial charge in [0.2, 0.25) is 0 Å². The highest BCUT2D eigenvalue weighted by Crippen LogP contribution is 2.17. The molecule has 1 aromatic heterocycles.